The topological polar surface area (TPSA) is 122 Å². The van der Waals surface area contributed by atoms with Crippen LogP contribution < -0.4 is 15.4 Å². The van der Waals surface area contributed by atoms with Crippen LogP contribution in [0.3, 0.4) is 0 Å². The molecule has 6 rings (SSSR count). The molecule has 1 aliphatic rings. The fraction of sp³-hybridized carbons (Fsp3) is 0.214. The molecule has 0 spiro atoms. The molecule has 1 aliphatic heterocycles. The molecule has 0 unspecified atom stereocenters. The molecule has 5 aromatic rings. The van der Waals surface area contributed by atoms with Gasteiger partial charge in [-0.15, -0.1) is 10.2 Å². The number of likely N-dealkylation sites (N-methyl/N-ethyl adjacent to an activating group) is 1. The number of carbonyl (C=O) groups is 1. The molecule has 2 N–H and O–H groups in total. The molecular formula is C28H27N9O2. The summed E-state index contributed by atoms with van der Waals surface area (Å²) >= 11 is 0. The van der Waals surface area contributed by atoms with E-state index in [1.54, 1.807) is 22.9 Å². The van der Waals surface area contributed by atoms with Gasteiger partial charge >= 0.3 is 0 Å². The lowest BCUT2D eigenvalue weighted by atomic mass is 10.1. The number of likely N-dealkylation sites (tertiary alicyclic amines) is 1. The number of benzene rings is 2. The number of fused-ring (bicyclic) bond motifs is 2. The van der Waals surface area contributed by atoms with Gasteiger partial charge in [-0.05, 0) is 75.3 Å². The maximum atomic E-state index is 12.6. The van der Waals surface area contributed by atoms with Crippen molar-refractivity contribution in [2.75, 3.05) is 24.2 Å². The Kier molecular flexibility index (Phi) is 6.55. The van der Waals surface area contributed by atoms with E-state index < -0.39 is 0 Å². The number of hydrogen-bond donors (Lipinski definition) is 2. The predicted octanol–water partition coefficient (Wildman–Crippen LogP) is 4.50. The number of hydrogen-bond acceptors (Lipinski definition) is 9. The molecule has 4 heterocycles. The number of nitrogens with one attached hydrogen (secondary N) is 2. The van der Waals surface area contributed by atoms with E-state index in [-0.39, 0.29) is 5.91 Å². The Labute approximate surface area is 224 Å². The van der Waals surface area contributed by atoms with E-state index in [0.717, 1.165) is 41.5 Å². The Morgan fingerprint density at radius 3 is 2.87 bits per heavy atom. The van der Waals surface area contributed by atoms with Crippen molar-refractivity contribution in [2.24, 2.45) is 0 Å². The molecule has 2 aromatic carbocycles. The Hall–Kier alpha value is -4.90. The highest BCUT2D eigenvalue weighted by molar-refractivity contribution is 6.02. The van der Waals surface area contributed by atoms with Crippen LogP contribution in [-0.2, 0) is 4.79 Å². The second-order valence-corrected chi connectivity index (χ2v) is 9.53. The van der Waals surface area contributed by atoms with Crippen molar-refractivity contribution in [1.29, 1.82) is 0 Å². The Morgan fingerprint density at radius 1 is 1.13 bits per heavy atom. The first kappa shape index (κ1) is 24.4. The molecule has 11 nitrogen and oxygen atoms in total. The zero-order chi connectivity index (χ0) is 26.8. The first-order valence-electron chi connectivity index (χ1n) is 12.7. The summed E-state index contributed by atoms with van der Waals surface area (Å²) in [5, 5.41) is 19.2. The van der Waals surface area contributed by atoms with Crippen LogP contribution in [0, 0.1) is 6.92 Å². The van der Waals surface area contributed by atoms with Crippen LogP contribution in [0.4, 0.5) is 17.2 Å². The molecular weight excluding hydrogens is 494 g/mol. The summed E-state index contributed by atoms with van der Waals surface area (Å²) < 4.78 is 7.60. The second kappa shape index (κ2) is 10.5. The zero-order valence-electron chi connectivity index (χ0n) is 21.6. The highest BCUT2D eigenvalue weighted by atomic mass is 16.5. The maximum Gasteiger partial charge on any atom is 0.248 e. The number of nitrogens with zero attached hydrogens (tertiary/aromatic N) is 7. The van der Waals surface area contributed by atoms with E-state index in [1.165, 1.54) is 12.7 Å². The van der Waals surface area contributed by atoms with Crippen LogP contribution in [0.5, 0.6) is 11.5 Å². The van der Waals surface area contributed by atoms with Gasteiger partial charge in [0.2, 0.25) is 5.91 Å². The summed E-state index contributed by atoms with van der Waals surface area (Å²) in [5.41, 5.74) is 3.80. The van der Waals surface area contributed by atoms with Crippen LogP contribution >= 0.6 is 0 Å². The minimum Gasteiger partial charge on any atom is -0.455 e. The molecule has 1 fully saturated rings. The molecule has 3 aromatic heterocycles. The van der Waals surface area contributed by atoms with Crippen molar-refractivity contribution in [3.8, 4) is 11.5 Å². The third kappa shape index (κ3) is 5.39. The van der Waals surface area contributed by atoms with Crippen LogP contribution in [0.25, 0.3) is 16.6 Å². The Morgan fingerprint density at radius 2 is 2.03 bits per heavy atom. The summed E-state index contributed by atoms with van der Waals surface area (Å²) in [7, 11) is 2.08. The summed E-state index contributed by atoms with van der Waals surface area (Å²) in [6.45, 7) is 3.02. The molecule has 0 saturated carbocycles. The molecule has 1 saturated heterocycles. The number of amides is 1. The lowest BCUT2D eigenvalue weighted by Gasteiger charge is -2.14. The van der Waals surface area contributed by atoms with Crippen molar-refractivity contribution in [3.63, 3.8) is 0 Å². The van der Waals surface area contributed by atoms with Crippen molar-refractivity contribution in [2.45, 2.75) is 25.8 Å². The third-order valence-electron chi connectivity index (χ3n) is 6.75. The molecule has 1 atom stereocenters. The van der Waals surface area contributed by atoms with Gasteiger partial charge in [0.25, 0.3) is 0 Å². The molecule has 39 heavy (non-hydrogen) atoms. The fourth-order valence-corrected chi connectivity index (χ4v) is 4.66. The summed E-state index contributed by atoms with van der Waals surface area (Å²) in [6, 6.07) is 13.4. The first-order valence-corrected chi connectivity index (χ1v) is 12.7. The van der Waals surface area contributed by atoms with Crippen molar-refractivity contribution in [1.82, 2.24) is 34.7 Å². The van der Waals surface area contributed by atoms with Gasteiger partial charge in [0.1, 0.15) is 24.2 Å². The van der Waals surface area contributed by atoms with Gasteiger partial charge in [-0.3, -0.25) is 9.69 Å². The van der Waals surface area contributed by atoms with Gasteiger partial charge in [-0.25, -0.2) is 14.5 Å². The number of aromatic nitrogens is 6. The van der Waals surface area contributed by atoms with Gasteiger partial charge in [-0.1, -0.05) is 6.08 Å². The molecule has 1 amide bonds. The SMILES string of the molecule is Cc1cc(Nc2ncnc3ccc(NC(=O)/C=C/[C@H]4CCCN4C)cc23)ccc1Oc1cnn2cnnc2c1. The quantitative estimate of drug-likeness (QED) is 0.298. The molecule has 0 aliphatic carbocycles. The molecule has 0 radical (unpaired) electrons. The van der Waals surface area contributed by atoms with Gasteiger partial charge in [0, 0.05) is 34.9 Å². The van der Waals surface area contributed by atoms with Crippen molar-refractivity contribution >= 4 is 39.6 Å². The largest absolute Gasteiger partial charge is 0.455 e. The van der Waals surface area contributed by atoms with Crippen LogP contribution in [0.15, 0.2) is 73.5 Å². The van der Waals surface area contributed by atoms with E-state index in [0.29, 0.717) is 34.7 Å². The van der Waals surface area contributed by atoms with Gasteiger partial charge in [0.15, 0.2) is 11.4 Å². The highest BCUT2D eigenvalue weighted by Crippen LogP contribution is 2.30. The normalized spacial score (nSPS) is 15.8. The maximum absolute atomic E-state index is 12.6. The van der Waals surface area contributed by atoms with Gasteiger partial charge in [0.05, 0.1) is 11.7 Å². The second-order valence-electron chi connectivity index (χ2n) is 9.53. The minimum atomic E-state index is -0.161. The number of ether oxygens (including phenoxy) is 1. The predicted molar refractivity (Wildman–Crippen MR) is 148 cm³/mol. The number of carbonyl (C=O) groups excluding carboxylic acids is 1. The standard InChI is InChI=1S/C28H27N9O2/c1-18-12-19(6-9-25(18)39-22-14-26-35-31-17-37(26)32-15-22)34-28-23-13-20(5-8-24(23)29-16-30-28)33-27(38)10-7-21-4-3-11-36(21)2/h5-10,12-17,21H,3-4,11H2,1-2H3,(H,33,38)(H,29,30,34)/b10-7+/t21-/m1/s1. The number of aryl methyl sites for hydroxylation is 1. The van der Waals surface area contributed by atoms with Crippen LogP contribution in [0.2, 0.25) is 0 Å². The average molecular weight is 522 g/mol. The lowest BCUT2D eigenvalue weighted by molar-refractivity contribution is -0.111. The molecule has 196 valence electrons. The van der Waals surface area contributed by atoms with Crippen LogP contribution in [0.1, 0.15) is 18.4 Å². The number of rotatable bonds is 7. The van der Waals surface area contributed by atoms with Crippen LogP contribution in [-0.4, -0.2) is 60.2 Å². The third-order valence-corrected chi connectivity index (χ3v) is 6.75. The van der Waals surface area contributed by atoms with E-state index >= 15 is 0 Å². The van der Waals surface area contributed by atoms with Gasteiger partial charge in [-0.2, -0.15) is 5.10 Å². The fourth-order valence-electron chi connectivity index (χ4n) is 4.66. The lowest BCUT2D eigenvalue weighted by Crippen LogP contribution is -2.23. The average Bonchev–Trinajstić information content (AvgIpc) is 3.57. The van der Waals surface area contributed by atoms with Crippen molar-refractivity contribution in [3.05, 3.63) is 79.0 Å². The first-order chi connectivity index (χ1) is 19.0. The Balaban J connectivity index is 1.18. The monoisotopic (exact) mass is 521 g/mol. The van der Waals surface area contributed by atoms with Crippen molar-refractivity contribution < 1.29 is 9.53 Å². The number of anilines is 3. The van der Waals surface area contributed by atoms with E-state index in [1.807, 2.05) is 49.4 Å². The summed E-state index contributed by atoms with van der Waals surface area (Å²) in [4.78, 5) is 23.6. The van der Waals surface area contributed by atoms with E-state index in [2.05, 4.69) is 47.8 Å². The summed E-state index contributed by atoms with van der Waals surface area (Å²) in [6.07, 6.45) is 10.5. The highest BCUT2D eigenvalue weighted by Gasteiger charge is 2.18. The smallest absolute Gasteiger partial charge is 0.248 e. The minimum absolute atomic E-state index is 0.161. The molecule has 11 heteroatoms. The van der Waals surface area contributed by atoms with Gasteiger partial charge < -0.3 is 15.4 Å². The zero-order valence-corrected chi connectivity index (χ0v) is 21.6. The van der Waals surface area contributed by atoms with E-state index in [4.69, 9.17) is 4.74 Å². The van der Waals surface area contributed by atoms with E-state index in [9.17, 15) is 4.79 Å². The molecule has 0 bridgehead atoms. The Bertz CT molecular complexity index is 1700. The summed E-state index contributed by atoms with van der Waals surface area (Å²) in [5.74, 6) is 1.74.